The Morgan fingerprint density at radius 2 is 2.19 bits per heavy atom. The van der Waals surface area contributed by atoms with Crippen molar-refractivity contribution < 1.29 is 14.6 Å². The van der Waals surface area contributed by atoms with Gasteiger partial charge in [-0.15, -0.1) is 12.6 Å². The standard InChI is InChI=1S/C12H14O3S/c1-7-5-10(16)8-3-2-4-9(8)12(7)15-6-11(13)14/h5,16H,2-4,6H2,1H3,(H,13,14). The molecule has 2 rings (SSSR count). The summed E-state index contributed by atoms with van der Waals surface area (Å²) in [5.74, 6) is -0.200. The molecule has 1 aromatic carbocycles. The molecule has 0 radical (unpaired) electrons. The number of ether oxygens (including phenoxy) is 1. The fourth-order valence-corrected chi connectivity index (χ4v) is 2.65. The summed E-state index contributed by atoms with van der Waals surface area (Å²) >= 11 is 4.44. The summed E-state index contributed by atoms with van der Waals surface area (Å²) in [5.41, 5.74) is 3.33. The molecule has 0 bridgehead atoms. The minimum atomic E-state index is -0.943. The lowest BCUT2D eigenvalue weighted by atomic mass is 10.1. The highest BCUT2D eigenvalue weighted by Crippen LogP contribution is 2.37. The largest absolute Gasteiger partial charge is 0.481 e. The van der Waals surface area contributed by atoms with Crippen molar-refractivity contribution in [2.24, 2.45) is 0 Å². The Morgan fingerprint density at radius 3 is 2.88 bits per heavy atom. The van der Waals surface area contributed by atoms with Crippen molar-refractivity contribution in [3.05, 3.63) is 22.8 Å². The Kier molecular flexibility index (Phi) is 3.10. The van der Waals surface area contributed by atoms with E-state index in [1.165, 1.54) is 5.56 Å². The Morgan fingerprint density at radius 1 is 1.50 bits per heavy atom. The maximum atomic E-state index is 10.5. The highest BCUT2D eigenvalue weighted by atomic mass is 32.1. The van der Waals surface area contributed by atoms with Gasteiger partial charge in [0.05, 0.1) is 0 Å². The SMILES string of the molecule is Cc1cc(S)c2c(c1OCC(=O)O)CCC2. The van der Waals surface area contributed by atoms with Gasteiger partial charge in [-0.05, 0) is 48.9 Å². The molecule has 0 atom stereocenters. The van der Waals surface area contributed by atoms with E-state index in [-0.39, 0.29) is 6.61 Å². The van der Waals surface area contributed by atoms with Crippen LogP contribution in [0.3, 0.4) is 0 Å². The van der Waals surface area contributed by atoms with Crippen molar-refractivity contribution in [3.63, 3.8) is 0 Å². The summed E-state index contributed by atoms with van der Waals surface area (Å²) in [7, 11) is 0. The molecule has 0 heterocycles. The van der Waals surface area contributed by atoms with Crippen LogP contribution in [-0.2, 0) is 17.6 Å². The molecule has 1 aliphatic rings. The zero-order valence-corrected chi connectivity index (χ0v) is 10.0. The summed E-state index contributed by atoms with van der Waals surface area (Å²) in [5, 5.41) is 8.63. The fourth-order valence-electron chi connectivity index (χ4n) is 2.21. The second kappa shape index (κ2) is 4.37. The van der Waals surface area contributed by atoms with Crippen LogP contribution in [0, 0.1) is 6.92 Å². The third-order valence-electron chi connectivity index (χ3n) is 2.85. The number of thiol groups is 1. The number of hydrogen-bond donors (Lipinski definition) is 2. The van der Waals surface area contributed by atoms with Crippen LogP contribution >= 0.6 is 12.6 Å². The average Bonchev–Trinajstić information content (AvgIpc) is 2.65. The van der Waals surface area contributed by atoms with Gasteiger partial charge in [-0.25, -0.2) is 4.79 Å². The monoisotopic (exact) mass is 238 g/mol. The number of carboxylic acid groups (broad SMARTS) is 1. The molecule has 3 nitrogen and oxygen atoms in total. The van der Waals surface area contributed by atoms with Gasteiger partial charge in [0.25, 0.3) is 0 Å². The van der Waals surface area contributed by atoms with Crippen molar-refractivity contribution in [3.8, 4) is 5.75 Å². The topological polar surface area (TPSA) is 46.5 Å². The van der Waals surface area contributed by atoms with Crippen LogP contribution in [0.2, 0.25) is 0 Å². The zero-order valence-electron chi connectivity index (χ0n) is 9.12. The molecular weight excluding hydrogens is 224 g/mol. The second-order valence-corrected chi connectivity index (χ2v) is 4.52. The molecule has 16 heavy (non-hydrogen) atoms. The molecule has 0 amide bonds. The van der Waals surface area contributed by atoms with Gasteiger partial charge in [0.2, 0.25) is 0 Å². The van der Waals surface area contributed by atoms with Crippen LogP contribution in [0.4, 0.5) is 0 Å². The maximum Gasteiger partial charge on any atom is 0.341 e. The first-order chi connectivity index (χ1) is 7.59. The van der Waals surface area contributed by atoms with Gasteiger partial charge in [0.15, 0.2) is 6.61 Å². The third kappa shape index (κ3) is 2.02. The van der Waals surface area contributed by atoms with E-state index in [1.54, 1.807) is 0 Å². The van der Waals surface area contributed by atoms with Gasteiger partial charge in [0, 0.05) is 4.90 Å². The fraction of sp³-hybridized carbons (Fsp3) is 0.417. The summed E-state index contributed by atoms with van der Waals surface area (Å²) < 4.78 is 5.36. The van der Waals surface area contributed by atoms with E-state index < -0.39 is 5.97 Å². The Labute approximate surface area is 99.8 Å². The molecule has 1 aromatic rings. The van der Waals surface area contributed by atoms with Crippen LogP contribution in [0.25, 0.3) is 0 Å². The Balaban J connectivity index is 2.37. The second-order valence-electron chi connectivity index (χ2n) is 4.03. The molecule has 1 N–H and O–H groups in total. The van der Waals surface area contributed by atoms with Crippen LogP contribution in [-0.4, -0.2) is 17.7 Å². The van der Waals surface area contributed by atoms with Gasteiger partial charge < -0.3 is 9.84 Å². The lowest BCUT2D eigenvalue weighted by Gasteiger charge is -2.14. The molecule has 0 unspecified atom stereocenters. The first kappa shape index (κ1) is 11.3. The smallest absolute Gasteiger partial charge is 0.341 e. The average molecular weight is 238 g/mol. The molecule has 0 aromatic heterocycles. The highest BCUT2D eigenvalue weighted by Gasteiger charge is 2.20. The number of rotatable bonds is 3. The van der Waals surface area contributed by atoms with Gasteiger partial charge >= 0.3 is 5.97 Å². The summed E-state index contributed by atoms with van der Waals surface area (Å²) in [4.78, 5) is 11.5. The number of carbonyl (C=O) groups is 1. The number of fused-ring (bicyclic) bond motifs is 1. The summed E-state index contributed by atoms with van der Waals surface area (Å²) in [6.07, 6.45) is 3.06. The predicted octanol–water partition coefficient (Wildman–Crippen LogP) is 2.24. The molecule has 0 spiro atoms. The minimum Gasteiger partial charge on any atom is -0.481 e. The van der Waals surface area contributed by atoms with Crippen LogP contribution in [0.15, 0.2) is 11.0 Å². The lowest BCUT2D eigenvalue weighted by Crippen LogP contribution is -2.11. The summed E-state index contributed by atoms with van der Waals surface area (Å²) in [6, 6.07) is 1.95. The molecule has 0 fully saturated rings. The van der Waals surface area contributed by atoms with Gasteiger partial charge in [0.1, 0.15) is 5.75 Å². The van der Waals surface area contributed by atoms with Crippen LogP contribution in [0.5, 0.6) is 5.75 Å². The molecule has 1 aliphatic carbocycles. The van der Waals surface area contributed by atoms with Crippen molar-refractivity contribution in [1.29, 1.82) is 0 Å². The molecule has 0 aliphatic heterocycles. The number of carboxylic acids is 1. The molecule has 86 valence electrons. The van der Waals surface area contributed by atoms with Gasteiger partial charge in [-0.3, -0.25) is 0 Å². The van der Waals surface area contributed by atoms with E-state index in [0.29, 0.717) is 0 Å². The quantitative estimate of drug-likeness (QED) is 0.794. The molecule has 4 heteroatoms. The molecule has 0 saturated carbocycles. The van der Waals surface area contributed by atoms with E-state index in [2.05, 4.69) is 12.6 Å². The number of aliphatic carboxylic acids is 1. The number of hydrogen-bond acceptors (Lipinski definition) is 3. The Hall–Kier alpha value is -1.16. The first-order valence-electron chi connectivity index (χ1n) is 5.28. The summed E-state index contributed by atoms with van der Waals surface area (Å²) in [6.45, 7) is 1.65. The van der Waals surface area contributed by atoms with Crippen molar-refractivity contribution >= 4 is 18.6 Å². The van der Waals surface area contributed by atoms with E-state index in [1.807, 2.05) is 13.0 Å². The third-order valence-corrected chi connectivity index (χ3v) is 3.25. The van der Waals surface area contributed by atoms with Crippen molar-refractivity contribution in [1.82, 2.24) is 0 Å². The lowest BCUT2D eigenvalue weighted by molar-refractivity contribution is -0.139. The van der Waals surface area contributed by atoms with Gasteiger partial charge in [-0.1, -0.05) is 0 Å². The zero-order chi connectivity index (χ0) is 11.7. The number of benzene rings is 1. The first-order valence-corrected chi connectivity index (χ1v) is 5.73. The maximum absolute atomic E-state index is 10.5. The predicted molar refractivity (Wildman–Crippen MR) is 63.6 cm³/mol. The van der Waals surface area contributed by atoms with Gasteiger partial charge in [-0.2, -0.15) is 0 Å². The highest BCUT2D eigenvalue weighted by molar-refractivity contribution is 7.80. The van der Waals surface area contributed by atoms with E-state index >= 15 is 0 Å². The number of aryl methyl sites for hydroxylation is 1. The van der Waals surface area contributed by atoms with Crippen molar-refractivity contribution in [2.45, 2.75) is 31.1 Å². The van der Waals surface area contributed by atoms with E-state index in [4.69, 9.17) is 9.84 Å². The molecular formula is C12H14O3S. The van der Waals surface area contributed by atoms with E-state index in [9.17, 15) is 4.79 Å². The Bertz CT molecular complexity index is 440. The minimum absolute atomic E-state index is 0.279. The van der Waals surface area contributed by atoms with Crippen LogP contribution < -0.4 is 4.74 Å². The normalized spacial score (nSPS) is 13.6. The van der Waals surface area contributed by atoms with Crippen LogP contribution in [0.1, 0.15) is 23.1 Å². The van der Waals surface area contributed by atoms with E-state index in [0.717, 1.165) is 41.0 Å². The molecule has 0 saturated heterocycles. The van der Waals surface area contributed by atoms with Crippen molar-refractivity contribution in [2.75, 3.05) is 6.61 Å².